The highest BCUT2D eigenvalue weighted by Crippen LogP contribution is 2.34. The molecule has 6 nitrogen and oxygen atoms in total. The number of benzene rings is 1. The van der Waals surface area contributed by atoms with E-state index in [4.69, 9.17) is 14.2 Å². The van der Waals surface area contributed by atoms with Gasteiger partial charge < -0.3 is 19.5 Å². The number of nitrogens with one attached hydrogen (secondary N) is 1. The average Bonchev–Trinajstić information content (AvgIpc) is 2.43. The maximum atomic E-state index is 11.5. The molecule has 1 aromatic rings. The Bertz CT molecular complexity index is 499. The number of ether oxygens (including phenoxy) is 3. The van der Waals surface area contributed by atoms with Crippen LogP contribution in [0.4, 0.5) is 0 Å². The van der Waals surface area contributed by atoms with E-state index < -0.39 is 0 Å². The van der Waals surface area contributed by atoms with E-state index in [0.29, 0.717) is 17.2 Å². The lowest BCUT2D eigenvalue weighted by atomic mass is 10.1. The summed E-state index contributed by atoms with van der Waals surface area (Å²) in [6.07, 6.45) is -0.129. The Morgan fingerprint density at radius 3 is 2.05 bits per heavy atom. The summed E-state index contributed by atoms with van der Waals surface area (Å²) in [5, 5.41) is 2.66. The van der Waals surface area contributed by atoms with E-state index in [2.05, 4.69) is 5.32 Å². The normalized spacial score (nSPS) is 9.80. The number of carbonyl (C=O) groups is 2. The molecule has 20 heavy (non-hydrogen) atoms. The van der Waals surface area contributed by atoms with Crippen molar-refractivity contribution in [2.45, 2.75) is 19.9 Å². The number of ketones is 1. The molecule has 1 amide bonds. The molecule has 0 aromatic heterocycles. The molecule has 1 N–H and O–H groups in total. The molecule has 0 fully saturated rings. The summed E-state index contributed by atoms with van der Waals surface area (Å²) in [7, 11) is 4.59. The Morgan fingerprint density at radius 2 is 1.55 bits per heavy atom. The fourth-order valence-corrected chi connectivity index (χ4v) is 1.71. The molecule has 0 spiro atoms. The Hall–Kier alpha value is -2.24. The van der Waals surface area contributed by atoms with Crippen LogP contribution >= 0.6 is 0 Å². The van der Waals surface area contributed by atoms with Crippen molar-refractivity contribution in [2.24, 2.45) is 0 Å². The van der Waals surface area contributed by atoms with E-state index in [1.54, 1.807) is 12.1 Å². The van der Waals surface area contributed by atoms with Gasteiger partial charge in [-0.3, -0.25) is 9.59 Å². The largest absolute Gasteiger partial charge is 0.496 e. The minimum absolute atomic E-state index is 0.129. The van der Waals surface area contributed by atoms with Crippen LogP contribution in [0.25, 0.3) is 0 Å². The van der Waals surface area contributed by atoms with Crippen LogP contribution in [-0.4, -0.2) is 33.0 Å². The third-order valence-electron chi connectivity index (χ3n) is 2.67. The summed E-state index contributed by atoms with van der Waals surface area (Å²) in [5.74, 6) is 1.16. The van der Waals surface area contributed by atoms with Crippen molar-refractivity contribution in [1.82, 2.24) is 5.32 Å². The van der Waals surface area contributed by atoms with Crippen molar-refractivity contribution in [1.29, 1.82) is 0 Å². The zero-order chi connectivity index (χ0) is 15.1. The van der Waals surface area contributed by atoms with Crippen LogP contribution in [-0.2, 0) is 16.1 Å². The number of rotatable bonds is 7. The first-order chi connectivity index (χ1) is 9.51. The Labute approximate surface area is 118 Å². The van der Waals surface area contributed by atoms with Crippen LogP contribution in [0, 0.1) is 0 Å². The molecule has 0 radical (unpaired) electrons. The highest BCUT2D eigenvalue weighted by Gasteiger charge is 2.13. The number of carbonyl (C=O) groups excluding carboxylic acids is 2. The predicted octanol–water partition coefficient (Wildman–Crippen LogP) is 1.31. The van der Waals surface area contributed by atoms with Gasteiger partial charge in [0.05, 0.1) is 27.8 Å². The highest BCUT2D eigenvalue weighted by atomic mass is 16.5. The van der Waals surface area contributed by atoms with Crippen molar-refractivity contribution in [3.8, 4) is 17.2 Å². The molecular formula is C14H19NO5. The standard InChI is InChI=1S/C14H19NO5/c1-9(16)5-14(17)15-8-10-6-12(19-3)13(20-4)7-11(10)18-2/h6-7H,5,8H2,1-4H3,(H,15,17). The van der Waals surface area contributed by atoms with Gasteiger partial charge in [-0.1, -0.05) is 0 Å². The van der Waals surface area contributed by atoms with E-state index in [-0.39, 0.29) is 24.7 Å². The Kier molecular flexibility index (Phi) is 5.83. The highest BCUT2D eigenvalue weighted by molar-refractivity contribution is 5.96. The molecule has 0 atom stereocenters. The van der Waals surface area contributed by atoms with Crippen LogP contribution in [0.15, 0.2) is 12.1 Å². The second kappa shape index (κ2) is 7.37. The van der Waals surface area contributed by atoms with Gasteiger partial charge in [-0.25, -0.2) is 0 Å². The molecule has 0 heterocycles. The van der Waals surface area contributed by atoms with Crippen LogP contribution in [0.2, 0.25) is 0 Å². The second-order valence-corrected chi connectivity index (χ2v) is 4.17. The SMILES string of the molecule is COc1cc(OC)c(OC)cc1CNC(=O)CC(C)=O. The molecule has 1 rings (SSSR count). The monoisotopic (exact) mass is 281 g/mol. The van der Waals surface area contributed by atoms with Crippen molar-refractivity contribution in [3.05, 3.63) is 17.7 Å². The van der Waals surface area contributed by atoms with Gasteiger partial charge in [0.1, 0.15) is 11.5 Å². The first kappa shape index (κ1) is 15.8. The summed E-state index contributed by atoms with van der Waals surface area (Å²) >= 11 is 0. The molecule has 1 aromatic carbocycles. The molecule has 6 heteroatoms. The van der Waals surface area contributed by atoms with E-state index in [1.807, 2.05) is 0 Å². The van der Waals surface area contributed by atoms with Crippen molar-refractivity contribution in [3.63, 3.8) is 0 Å². The number of methoxy groups -OCH3 is 3. The van der Waals surface area contributed by atoms with Gasteiger partial charge >= 0.3 is 0 Å². The van der Waals surface area contributed by atoms with Gasteiger partial charge in [0.2, 0.25) is 5.91 Å². The Balaban J connectivity index is 2.88. The number of amides is 1. The van der Waals surface area contributed by atoms with Crippen LogP contribution in [0.3, 0.4) is 0 Å². The predicted molar refractivity (Wildman–Crippen MR) is 73.2 cm³/mol. The maximum Gasteiger partial charge on any atom is 0.227 e. The average molecular weight is 281 g/mol. The lowest BCUT2D eigenvalue weighted by Gasteiger charge is -2.14. The van der Waals surface area contributed by atoms with Gasteiger partial charge in [-0.05, 0) is 13.0 Å². The molecule has 0 aliphatic carbocycles. The topological polar surface area (TPSA) is 73.9 Å². The summed E-state index contributed by atoms with van der Waals surface area (Å²) in [6, 6.07) is 3.41. The fraction of sp³-hybridized carbons (Fsp3) is 0.429. The Morgan fingerprint density at radius 1 is 1.00 bits per heavy atom. The summed E-state index contributed by atoms with van der Waals surface area (Å²) in [6.45, 7) is 1.62. The molecule has 110 valence electrons. The van der Waals surface area contributed by atoms with Gasteiger partial charge in [-0.2, -0.15) is 0 Å². The summed E-state index contributed by atoms with van der Waals surface area (Å²) in [4.78, 5) is 22.3. The number of Topliss-reactive ketones (excluding diaryl/α,β-unsaturated/α-hetero) is 1. The third-order valence-corrected chi connectivity index (χ3v) is 2.67. The fourth-order valence-electron chi connectivity index (χ4n) is 1.71. The lowest BCUT2D eigenvalue weighted by Crippen LogP contribution is -2.24. The second-order valence-electron chi connectivity index (χ2n) is 4.17. The minimum atomic E-state index is -0.325. The van der Waals surface area contributed by atoms with Gasteiger partial charge in [0.25, 0.3) is 0 Å². The van der Waals surface area contributed by atoms with E-state index in [9.17, 15) is 9.59 Å². The van der Waals surface area contributed by atoms with E-state index in [0.717, 1.165) is 5.56 Å². The van der Waals surface area contributed by atoms with Gasteiger partial charge in [0.15, 0.2) is 11.5 Å². The quantitative estimate of drug-likeness (QED) is 0.763. The molecule has 0 bridgehead atoms. The smallest absolute Gasteiger partial charge is 0.227 e. The number of hydrogen-bond donors (Lipinski definition) is 1. The van der Waals surface area contributed by atoms with Gasteiger partial charge in [0, 0.05) is 18.2 Å². The maximum absolute atomic E-state index is 11.5. The van der Waals surface area contributed by atoms with E-state index in [1.165, 1.54) is 28.3 Å². The van der Waals surface area contributed by atoms with Crippen molar-refractivity contribution < 1.29 is 23.8 Å². The molecule has 0 saturated carbocycles. The van der Waals surface area contributed by atoms with Crippen molar-refractivity contribution in [2.75, 3.05) is 21.3 Å². The van der Waals surface area contributed by atoms with Crippen molar-refractivity contribution >= 4 is 11.7 Å². The zero-order valence-corrected chi connectivity index (χ0v) is 12.1. The van der Waals surface area contributed by atoms with Crippen LogP contribution in [0.1, 0.15) is 18.9 Å². The third kappa shape index (κ3) is 4.15. The van der Waals surface area contributed by atoms with E-state index >= 15 is 0 Å². The summed E-state index contributed by atoms with van der Waals surface area (Å²) < 4.78 is 15.6. The molecular weight excluding hydrogens is 262 g/mol. The van der Waals surface area contributed by atoms with Crippen LogP contribution < -0.4 is 19.5 Å². The molecule has 0 aliphatic heterocycles. The molecule has 0 unspecified atom stereocenters. The minimum Gasteiger partial charge on any atom is -0.496 e. The lowest BCUT2D eigenvalue weighted by molar-refractivity contribution is -0.127. The first-order valence-corrected chi connectivity index (χ1v) is 6.06. The molecule has 0 saturated heterocycles. The number of hydrogen-bond acceptors (Lipinski definition) is 5. The van der Waals surface area contributed by atoms with Crippen LogP contribution in [0.5, 0.6) is 17.2 Å². The zero-order valence-electron chi connectivity index (χ0n) is 12.1. The summed E-state index contributed by atoms with van der Waals surface area (Å²) in [5.41, 5.74) is 0.738. The van der Waals surface area contributed by atoms with Gasteiger partial charge in [-0.15, -0.1) is 0 Å². The first-order valence-electron chi connectivity index (χ1n) is 6.06. The molecule has 0 aliphatic rings.